The molecule has 1 amide bonds. The van der Waals surface area contributed by atoms with Crippen molar-refractivity contribution in [3.05, 3.63) is 97.0 Å². The third-order valence-electron chi connectivity index (χ3n) is 5.09. The van der Waals surface area contributed by atoms with E-state index in [1.807, 2.05) is 66.9 Å². The molecule has 0 radical (unpaired) electrons. The molecule has 1 N–H and O–H groups in total. The first-order valence-electron chi connectivity index (χ1n) is 10.0. The third kappa shape index (κ3) is 3.79. The summed E-state index contributed by atoms with van der Waals surface area (Å²) < 4.78 is 6.90. The molecule has 0 aliphatic heterocycles. The van der Waals surface area contributed by atoms with E-state index in [9.17, 15) is 4.79 Å². The fourth-order valence-corrected chi connectivity index (χ4v) is 3.47. The standard InChI is InChI=1S/C25H19N5O2/c1-32-19-10-7-17(8-11-19)23-15-21(20-5-2-3-6-22(20)29-23)25(31)28-18-9-12-24(26-16-18)30-14-4-13-27-30/h2-16H,1H3,(H,28,31). The van der Waals surface area contributed by atoms with E-state index in [1.165, 1.54) is 0 Å². The minimum absolute atomic E-state index is 0.230. The molecule has 0 saturated carbocycles. The minimum atomic E-state index is -0.230. The van der Waals surface area contributed by atoms with Crippen LogP contribution < -0.4 is 10.1 Å². The average Bonchev–Trinajstić information content (AvgIpc) is 3.39. The number of methoxy groups -OCH3 is 1. The van der Waals surface area contributed by atoms with Gasteiger partial charge in [0.15, 0.2) is 5.82 Å². The maximum Gasteiger partial charge on any atom is 0.256 e. The Balaban J connectivity index is 1.48. The number of ether oxygens (including phenoxy) is 1. The molecule has 0 aliphatic carbocycles. The van der Waals surface area contributed by atoms with Crippen LogP contribution in [0.5, 0.6) is 5.75 Å². The molecule has 2 aromatic carbocycles. The van der Waals surface area contributed by atoms with Crippen LogP contribution in [-0.2, 0) is 0 Å². The molecule has 0 bridgehead atoms. The first-order valence-corrected chi connectivity index (χ1v) is 10.0. The SMILES string of the molecule is COc1ccc(-c2cc(C(=O)Nc3ccc(-n4cccn4)nc3)c3ccccc3n2)cc1. The smallest absolute Gasteiger partial charge is 0.256 e. The normalized spacial score (nSPS) is 10.8. The zero-order chi connectivity index (χ0) is 21.9. The number of carbonyl (C=O) groups is 1. The van der Waals surface area contributed by atoms with E-state index in [0.717, 1.165) is 22.2 Å². The zero-order valence-electron chi connectivity index (χ0n) is 17.3. The molecule has 5 aromatic rings. The minimum Gasteiger partial charge on any atom is -0.497 e. The number of anilines is 1. The van der Waals surface area contributed by atoms with Gasteiger partial charge in [0.25, 0.3) is 5.91 Å². The van der Waals surface area contributed by atoms with Gasteiger partial charge in [0.1, 0.15) is 5.75 Å². The molecule has 0 unspecified atom stereocenters. The predicted octanol–water partition coefficient (Wildman–Crippen LogP) is 4.74. The molecule has 5 rings (SSSR count). The molecule has 0 atom stereocenters. The van der Waals surface area contributed by atoms with Crippen LogP contribution in [0.25, 0.3) is 28.0 Å². The van der Waals surface area contributed by atoms with Gasteiger partial charge < -0.3 is 10.1 Å². The van der Waals surface area contributed by atoms with Gasteiger partial charge in [0, 0.05) is 23.3 Å². The first kappa shape index (κ1) is 19.4. The van der Waals surface area contributed by atoms with Crippen molar-refractivity contribution in [1.29, 1.82) is 0 Å². The number of aromatic nitrogens is 4. The Morgan fingerprint density at radius 3 is 2.56 bits per heavy atom. The van der Waals surface area contributed by atoms with E-state index in [4.69, 9.17) is 9.72 Å². The molecule has 0 spiro atoms. The van der Waals surface area contributed by atoms with Gasteiger partial charge in [-0.1, -0.05) is 18.2 Å². The fraction of sp³-hybridized carbons (Fsp3) is 0.0400. The number of nitrogens with one attached hydrogen (secondary N) is 1. The summed E-state index contributed by atoms with van der Waals surface area (Å²) in [4.78, 5) is 22.3. The highest BCUT2D eigenvalue weighted by atomic mass is 16.5. The van der Waals surface area contributed by atoms with Crippen LogP contribution in [0.3, 0.4) is 0 Å². The van der Waals surface area contributed by atoms with Gasteiger partial charge in [-0.05, 0) is 54.6 Å². The lowest BCUT2D eigenvalue weighted by Gasteiger charge is -2.11. The second-order valence-electron chi connectivity index (χ2n) is 7.11. The quantitative estimate of drug-likeness (QED) is 0.443. The molecule has 0 fully saturated rings. The van der Waals surface area contributed by atoms with Gasteiger partial charge in [-0.2, -0.15) is 5.10 Å². The largest absolute Gasteiger partial charge is 0.497 e. The van der Waals surface area contributed by atoms with Crippen molar-refractivity contribution in [3.63, 3.8) is 0 Å². The van der Waals surface area contributed by atoms with E-state index in [-0.39, 0.29) is 5.91 Å². The maximum absolute atomic E-state index is 13.2. The van der Waals surface area contributed by atoms with E-state index in [2.05, 4.69) is 15.4 Å². The molecular weight excluding hydrogens is 402 g/mol. The topological polar surface area (TPSA) is 81.9 Å². The number of hydrogen-bond donors (Lipinski definition) is 1. The molecular formula is C25H19N5O2. The zero-order valence-corrected chi connectivity index (χ0v) is 17.3. The molecule has 0 saturated heterocycles. The van der Waals surface area contributed by atoms with E-state index in [1.54, 1.807) is 36.3 Å². The summed E-state index contributed by atoms with van der Waals surface area (Å²) in [5, 5.41) is 7.88. The van der Waals surface area contributed by atoms with Crippen molar-refractivity contribution in [2.24, 2.45) is 0 Å². The van der Waals surface area contributed by atoms with Crippen LogP contribution >= 0.6 is 0 Å². The van der Waals surface area contributed by atoms with Crippen molar-refractivity contribution in [2.45, 2.75) is 0 Å². The summed E-state index contributed by atoms with van der Waals surface area (Å²) in [5.41, 5.74) is 3.49. The highest BCUT2D eigenvalue weighted by Crippen LogP contribution is 2.27. The number of fused-ring (bicyclic) bond motifs is 1. The van der Waals surface area contributed by atoms with Crippen LogP contribution in [0.15, 0.2) is 91.4 Å². The highest BCUT2D eigenvalue weighted by molar-refractivity contribution is 6.13. The number of nitrogens with zero attached hydrogens (tertiary/aromatic N) is 4. The Bertz CT molecular complexity index is 1380. The lowest BCUT2D eigenvalue weighted by atomic mass is 10.0. The number of carbonyl (C=O) groups excluding carboxylic acids is 1. The summed E-state index contributed by atoms with van der Waals surface area (Å²) >= 11 is 0. The summed E-state index contributed by atoms with van der Waals surface area (Å²) in [5.74, 6) is 1.20. The second-order valence-corrected chi connectivity index (χ2v) is 7.11. The highest BCUT2D eigenvalue weighted by Gasteiger charge is 2.15. The Morgan fingerprint density at radius 1 is 1.00 bits per heavy atom. The number of benzene rings is 2. The molecule has 7 heteroatoms. The second kappa shape index (κ2) is 8.31. The van der Waals surface area contributed by atoms with E-state index < -0.39 is 0 Å². The van der Waals surface area contributed by atoms with Gasteiger partial charge in [-0.3, -0.25) is 4.79 Å². The van der Waals surface area contributed by atoms with Crippen LogP contribution in [0, 0.1) is 0 Å². The van der Waals surface area contributed by atoms with Crippen LogP contribution in [0.2, 0.25) is 0 Å². The van der Waals surface area contributed by atoms with E-state index >= 15 is 0 Å². The lowest BCUT2D eigenvalue weighted by Crippen LogP contribution is -2.13. The maximum atomic E-state index is 13.2. The summed E-state index contributed by atoms with van der Waals surface area (Å²) in [6.45, 7) is 0. The van der Waals surface area contributed by atoms with Crippen LogP contribution in [0.4, 0.5) is 5.69 Å². The number of amides is 1. The van der Waals surface area contributed by atoms with Gasteiger partial charge in [0.05, 0.1) is 35.8 Å². The van der Waals surface area contributed by atoms with Crippen LogP contribution in [-0.4, -0.2) is 32.8 Å². The lowest BCUT2D eigenvalue weighted by molar-refractivity contribution is 0.102. The first-order chi connectivity index (χ1) is 15.7. The monoisotopic (exact) mass is 421 g/mol. The number of hydrogen-bond acceptors (Lipinski definition) is 5. The Hall–Kier alpha value is -4.52. The van der Waals surface area contributed by atoms with E-state index in [0.29, 0.717) is 22.8 Å². The molecule has 156 valence electrons. The number of para-hydroxylation sites is 1. The van der Waals surface area contributed by atoms with Gasteiger partial charge in [0.2, 0.25) is 0 Å². The number of pyridine rings is 2. The molecule has 32 heavy (non-hydrogen) atoms. The fourth-order valence-electron chi connectivity index (χ4n) is 3.47. The average molecular weight is 421 g/mol. The molecule has 0 aliphatic rings. The summed E-state index contributed by atoms with van der Waals surface area (Å²) in [6.07, 6.45) is 5.11. The van der Waals surface area contributed by atoms with Crippen molar-refractivity contribution in [3.8, 4) is 22.8 Å². The van der Waals surface area contributed by atoms with Gasteiger partial charge in [-0.15, -0.1) is 0 Å². The van der Waals surface area contributed by atoms with Crippen molar-refractivity contribution in [1.82, 2.24) is 19.7 Å². The van der Waals surface area contributed by atoms with Crippen LogP contribution in [0.1, 0.15) is 10.4 Å². The molecule has 3 heterocycles. The van der Waals surface area contributed by atoms with Crippen molar-refractivity contribution < 1.29 is 9.53 Å². The molecule has 3 aromatic heterocycles. The van der Waals surface area contributed by atoms with Gasteiger partial charge >= 0.3 is 0 Å². The number of rotatable bonds is 5. The third-order valence-corrected chi connectivity index (χ3v) is 5.09. The Kier molecular flexibility index (Phi) is 5.05. The van der Waals surface area contributed by atoms with Crippen molar-refractivity contribution in [2.75, 3.05) is 12.4 Å². The Morgan fingerprint density at radius 2 is 1.84 bits per heavy atom. The summed E-state index contributed by atoms with van der Waals surface area (Å²) in [6, 6.07) is 22.4. The van der Waals surface area contributed by atoms with Gasteiger partial charge in [-0.25, -0.2) is 14.6 Å². The predicted molar refractivity (Wildman–Crippen MR) is 123 cm³/mol. The Labute approximate surface area is 184 Å². The summed E-state index contributed by atoms with van der Waals surface area (Å²) in [7, 11) is 1.63. The molecule has 7 nitrogen and oxygen atoms in total. The van der Waals surface area contributed by atoms with Crippen molar-refractivity contribution >= 4 is 22.5 Å².